The molecule has 2 N–H and O–H groups in total. The summed E-state index contributed by atoms with van der Waals surface area (Å²) >= 11 is 3.60. The van der Waals surface area contributed by atoms with Crippen LogP contribution in [0.15, 0.2) is 16.6 Å². The molecule has 18 heavy (non-hydrogen) atoms. The highest BCUT2D eigenvalue weighted by Gasteiger charge is 2.26. The largest absolute Gasteiger partial charge is 0.493 e. The molecule has 0 radical (unpaired) electrons. The van der Waals surface area contributed by atoms with E-state index < -0.39 is 0 Å². The molecule has 0 amide bonds. The van der Waals surface area contributed by atoms with Gasteiger partial charge in [-0.15, -0.1) is 0 Å². The van der Waals surface area contributed by atoms with Crippen molar-refractivity contribution in [1.82, 2.24) is 0 Å². The summed E-state index contributed by atoms with van der Waals surface area (Å²) in [6.45, 7) is 6.03. The van der Waals surface area contributed by atoms with E-state index in [9.17, 15) is 0 Å². The standard InChI is InChI=1S/C15H22BrNO/c1-3-5-15(2,10-17)9-12-8-13(16)7-11-4-6-18-14(11)12/h7-8H,3-6,9-10,17H2,1-2H3. The van der Waals surface area contributed by atoms with Crippen molar-refractivity contribution in [2.45, 2.75) is 39.5 Å². The average molecular weight is 312 g/mol. The highest BCUT2D eigenvalue weighted by Crippen LogP contribution is 2.37. The second-order valence-corrected chi connectivity index (χ2v) is 6.51. The predicted molar refractivity (Wildman–Crippen MR) is 79.1 cm³/mol. The highest BCUT2D eigenvalue weighted by atomic mass is 79.9. The summed E-state index contributed by atoms with van der Waals surface area (Å²) in [6.07, 6.45) is 4.35. The monoisotopic (exact) mass is 311 g/mol. The fourth-order valence-electron chi connectivity index (χ4n) is 2.80. The van der Waals surface area contributed by atoms with Gasteiger partial charge in [0.25, 0.3) is 0 Å². The summed E-state index contributed by atoms with van der Waals surface area (Å²) in [6, 6.07) is 4.36. The molecule has 0 saturated carbocycles. The zero-order valence-electron chi connectivity index (χ0n) is 11.3. The van der Waals surface area contributed by atoms with Crippen LogP contribution in [0.1, 0.15) is 37.8 Å². The molecule has 1 aliphatic rings. The van der Waals surface area contributed by atoms with Gasteiger partial charge in [-0.1, -0.05) is 36.2 Å². The molecule has 1 heterocycles. The fourth-order valence-corrected chi connectivity index (χ4v) is 3.36. The molecule has 1 atom stereocenters. The number of rotatable bonds is 5. The van der Waals surface area contributed by atoms with Crippen LogP contribution in [-0.4, -0.2) is 13.2 Å². The molecule has 0 fully saturated rings. The number of fused-ring (bicyclic) bond motifs is 1. The van der Waals surface area contributed by atoms with E-state index >= 15 is 0 Å². The van der Waals surface area contributed by atoms with Gasteiger partial charge in [0.2, 0.25) is 0 Å². The maximum atomic E-state index is 5.97. The Bertz CT molecular complexity index is 433. The Morgan fingerprint density at radius 3 is 2.89 bits per heavy atom. The first-order chi connectivity index (χ1) is 8.58. The van der Waals surface area contributed by atoms with Crippen LogP contribution in [0, 0.1) is 5.41 Å². The van der Waals surface area contributed by atoms with Crippen LogP contribution in [0.4, 0.5) is 0 Å². The van der Waals surface area contributed by atoms with Crippen molar-refractivity contribution >= 4 is 15.9 Å². The number of hydrogen-bond acceptors (Lipinski definition) is 2. The average Bonchev–Trinajstić information content (AvgIpc) is 2.77. The van der Waals surface area contributed by atoms with Gasteiger partial charge in [-0.25, -0.2) is 0 Å². The van der Waals surface area contributed by atoms with E-state index in [0.717, 1.165) is 42.6 Å². The van der Waals surface area contributed by atoms with Crippen molar-refractivity contribution < 1.29 is 4.74 Å². The van der Waals surface area contributed by atoms with E-state index in [1.165, 1.54) is 17.5 Å². The second-order valence-electron chi connectivity index (χ2n) is 5.59. The van der Waals surface area contributed by atoms with Crippen LogP contribution < -0.4 is 10.5 Å². The van der Waals surface area contributed by atoms with E-state index in [4.69, 9.17) is 10.5 Å². The van der Waals surface area contributed by atoms with E-state index in [1.807, 2.05) is 0 Å². The predicted octanol–water partition coefficient (Wildman–Crippen LogP) is 3.69. The van der Waals surface area contributed by atoms with E-state index in [2.05, 4.69) is 41.9 Å². The Balaban J connectivity index is 2.28. The van der Waals surface area contributed by atoms with Crippen LogP contribution in [0.25, 0.3) is 0 Å². The Hall–Kier alpha value is -0.540. The summed E-state index contributed by atoms with van der Waals surface area (Å²) in [7, 11) is 0. The molecule has 0 bridgehead atoms. The van der Waals surface area contributed by atoms with E-state index in [0.29, 0.717) is 0 Å². The molecule has 2 rings (SSSR count). The smallest absolute Gasteiger partial charge is 0.125 e. The molecule has 0 saturated heterocycles. The van der Waals surface area contributed by atoms with Gasteiger partial charge in [0.05, 0.1) is 6.61 Å². The molecule has 1 aromatic carbocycles. The fraction of sp³-hybridized carbons (Fsp3) is 0.600. The molecule has 1 aliphatic heterocycles. The first kappa shape index (κ1) is 13.9. The van der Waals surface area contributed by atoms with Gasteiger partial charge in [0.1, 0.15) is 5.75 Å². The number of hydrogen-bond donors (Lipinski definition) is 1. The minimum absolute atomic E-state index is 0.176. The molecule has 3 heteroatoms. The Morgan fingerprint density at radius 1 is 1.44 bits per heavy atom. The van der Waals surface area contributed by atoms with Crippen molar-refractivity contribution in [3.63, 3.8) is 0 Å². The summed E-state index contributed by atoms with van der Waals surface area (Å²) in [5.41, 5.74) is 8.78. The Labute approximate surface area is 118 Å². The van der Waals surface area contributed by atoms with Crippen LogP contribution in [0.5, 0.6) is 5.75 Å². The quantitative estimate of drug-likeness (QED) is 0.900. The van der Waals surface area contributed by atoms with Gasteiger partial charge in [-0.2, -0.15) is 0 Å². The zero-order chi connectivity index (χ0) is 13.2. The van der Waals surface area contributed by atoms with Gasteiger partial charge >= 0.3 is 0 Å². The molecule has 1 aromatic rings. The molecule has 1 unspecified atom stereocenters. The lowest BCUT2D eigenvalue weighted by Gasteiger charge is -2.28. The van der Waals surface area contributed by atoms with Gasteiger partial charge in [0.15, 0.2) is 0 Å². The third kappa shape index (κ3) is 2.89. The van der Waals surface area contributed by atoms with Crippen LogP contribution in [0.3, 0.4) is 0 Å². The molecular weight excluding hydrogens is 290 g/mol. The van der Waals surface area contributed by atoms with Gasteiger partial charge in [-0.05, 0) is 48.1 Å². The van der Waals surface area contributed by atoms with Crippen LogP contribution in [-0.2, 0) is 12.8 Å². The zero-order valence-corrected chi connectivity index (χ0v) is 12.8. The minimum Gasteiger partial charge on any atom is -0.493 e. The van der Waals surface area contributed by atoms with E-state index in [-0.39, 0.29) is 5.41 Å². The van der Waals surface area contributed by atoms with Crippen molar-refractivity contribution in [2.75, 3.05) is 13.2 Å². The van der Waals surface area contributed by atoms with Gasteiger partial charge < -0.3 is 10.5 Å². The second kappa shape index (κ2) is 5.62. The maximum Gasteiger partial charge on any atom is 0.125 e. The first-order valence-electron chi connectivity index (χ1n) is 6.72. The number of benzene rings is 1. The molecule has 0 spiro atoms. The van der Waals surface area contributed by atoms with E-state index in [1.54, 1.807) is 0 Å². The normalized spacial score (nSPS) is 17.1. The lowest BCUT2D eigenvalue weighted by Crippen LogP contribution is -2.29. The van der Waals surface area contributed by atoms with Crippen molar-refractivity contribution in [3.8, 4) is 5.75 Å². The maximum absolute atomic E-state index is 5.97. The van der Waals surface area contributed by atoms with Gasteiger partial charge in [-0.3, -0.25) is 0 Å². The topological polar surface area (TPSA) is 35.2 Å². The van der Waals surface area contributed by atoms with Gasteiger partial charge in [0, 0.05) is 10.9 Å². The third-order valence-corrected chi connectivity index (χ3v) is 4.25. The molecule has 2 nitrogen and oxygen atoms in total. The van der Waals surface area contributed by atoms with Crippen LogP contribution >= 0.6 is 15.9 Å². The summed E-state index contributed by atoms with van der Waals surface area (Å²) in [5.74, 6) is 1.11. The number of halogens is 1. The van der Waals surface area contributed by atoms with Crippen molar-refractivity contribution in [3.05, 3.63) is 27.7 Å². The Morgan fingerprint density at radius 2 is 2.22 bits per heavy atom. The number of nitrogens with two attached hydrogens (primary N) is 1. The first-order valence-corrected chi connectivity index (χ1v) is 7.51. The SMILES string of the molecule is CCCC(C)(CN)Cc1cc(Br)cc2c1OCC2. The summed E-state index contributed by atoms with van der Waals surface area (Å²) < 4.78 is 6.94. The molecular formula is C15H22BrNO. The third-order valence-electron chi connectivity index (χ3n) is 3.79. The molecule has 100 valence electrons. The van der Waals surface area contributed by atoms with Crippen molar-refractivity contribution in [1.29, 1.82) is 0 Å². The lowest BCUT2D eigenvalue weighted by atomic mass is 9.79. The summed E-state index contributed by atoms with van der Waals surface area (Å²) in [5, 5.41) is 0. The lowest BCUT2D eigenvalue weighted by molar-refractivity contribution is 0.293. The van der Waals surface area contributed by atoms with Crippen molar-refractivity contribution in [2.24, 2.45) is 11.1 Å². The molecule has 0 aliphatic carbocycles. The Kier molecular flexibility index (Phi) is 4.33. The summed E-state index contributed by atoms with van der Waals surface area (Å²) in [4.78, 5) is 0. The molecule has 0 aromatic heterocycles. The number of ether oxygens (including phenoxy) is 1. The highest BCUT2D eigenvalue weighted by molar-refractivity contribution is 9.10. The van der Waals surface area contributed by atoms with Crippen LogP contribution in [0.2, 0.25) is 0 Å². The minimum atomic E-state index is 0.176.